The van der Waals surface area contributed by atoms with Crippen molar-refractivity contribution >= 4 is 11.6 Å². The lowest BCUT2D eigenvalue weighted by molar-refractivity contribution is 0.102. The summed E-state index contributed by atoms with van der Waals surface area (Å²) in [5, 5.41) is 2.85. The van der Waals surface area contributed by atoms with Crippen molar-refractivity contribution in [3.05, 3.63) is 54.1 Å². The fraction of sp³-hybridized carbons (Fsp3) is 0.278. The average Bonchev–Trinajstić information content (AvgIpc) is 2.56. The molecule has 4 heteroatoms. The van der Waals surface area contributed by atoms with Crippen LogP contribution in [0.4, 0.5) is 5.69 Å². The van der Waals surface area contributed by atoms with Crippen LogP contribution in [0.2, 0.25) is 0 Å². The highest BCUT2D eigenvalue weighted by Crippen LogP contribution is 2.28. The van der Waals surface area contributed by atoms with Crippen molar-refractivity contribution in [2.75, 3.05) is 19.0 Å². The summed E-state index contributed by atoms with van der Waals surface area (Å²) in [6, 6.07) is 14.5. The Hall–Kier alpha value is -2.49. The number of rotatable bonds is 7. The molecule has 2 aromatic carbocycles. The molecule has 0 aliphatic rings. The number of benzene rings is 2. The van der Waals surface area contributed by atoms with Gasteiger partial charge in [-0.1, -0.05) is 31.5 Å². The molecule has 0 saturated carbocycles. The van der Waals surface area contributed by atoms with Gasteiger partial charge in [-0.2, -0.15) is 0 Å². The van der Waals surface area contributed by atoms with Crippen LogP contribution in [-0.2, 0) is 0 Å². The van der Waals surface area contributed by atoms with Gasteiger partial charge in [0.25, 0.3) is 5.91 Å². The van der Waals surface area contributed by atoms with E-state index in [-0.39, 0.29) is 5.91 Å². The molecule has 0 heterocycles. The summed E-state index contributed by atoms with van der Waals surface area (Å²) < 4.78 is 11.0. The highest BCUT2D eigenvalue weighted by molar-refractivity contribution is 6.04. The molecule has 2 rings (SSSR count). The van der Waals surface area contributed by atoms with Crippen LogP contribution < -0.4 is 14.8 Å². The van der Waals surface area contributed by atoms with Crippen molar-refractivity contribution in [3.8, 4) is 11.5 Å². The van der Waals surface area contributed by atoms with E-state index in [2.05, 4.69) is 12.2 Å². The van der Waals surface area contributed by atoms with Crippen LogP contribution in [0, 0.1) is 0 Å². The van der Waals surface area contributed by atoms with Gasteiger partial charge in [-0.15, -0.1) is 0 Å². The fourth-order valence-electron chi connectivity index (χ4n) is 1.98. The number of hydrogen-bond donors (Lipinski definition) is 1. The largest absolute Gasteiger partial charge is 0.493 e. The van der Waals surface area contributed by atoms with Crippen molar-refractivity contribution in [2.45, 2.75) is 19.8 Å². The van der Waals surface area contributed by atoms with E-state index in [0.29, 0.717) is 23.7 Å². The maximum absolute atomic E-state index is 12.2. The van der Waals surface area contributed by atoms with Crippen LogP contribution in [0.15, 0.2) is 48.5 Å². The standard InChI is InChI=1S/C18H21NO3/c1-3-4-12-22-16-11-10-14(13-17(16)21-2)18(20)19-15-8-6-5-7-9-15/h5-11,13H,3-4,12H2,1-2H3,(H,19,20). The first-order chi connectivity index (χ1) is 10.7. The van der Waals surface area contributed by atoms with E-state index in [9.17, 15) is 4.79 Å². The number of nitrogens with one attached hydrogen (secondary N) is 1. The van der Waals surface area contributed by atoms with Crippen LogP contribution in [0.25, 0.3) is 0 Å². The molecule has 0 aromatic heterocycles. The van der Waals surface area contributed by atoms with E-state index in [1.807, 2.05) is 30.3 Å². The molecule has 0 atom stereocenters. The molecule has 1 amide bonds. The van der Waals surface area contributed by atoms with E-state index in [1.54, 1.807) is 25.3 Å². The molecule has 1 N–H and O–H groups in total. The third-order valence-electron chi connectivity index (χ3n) is 3.21. The van der Waals surface area contributed by atoms with Crippen LogP contribution in [0.5, 0.6) is 11.5 Å². The van der Waals surface area contributed by atoms with E-state index in [0.717, 1.165) is 18.5 Å². The third kappa shape index (κ3) is 4.25. The number of amides is 1. The lowest BCUT2D eigenvalue weighted by atomic mass is 10.2. The molecule has 2 aromatic rings. The first kappa shape index (κ1) is 15.9. The van der Waals surface area contributed by atoms with Crippen molar-refractivity contribution in [3.63, 3.8) is 0 Å². The van der Waals surface area contributed by atoms with Crippen LogP contribution in [0.3, 0.4) is 0 Å². The van der Waals surface area contributed by atoms with Crippen LogP contribution >= 0.6 is 0 Å². The van der Waals surface area contributed by atoms with E-state index in [4.69, 9.17) is 9.47 Å². The second-order valence-corrected chi connectivity index (χ2v) is 4.89. The van der Waals surface area contributed by atoms with Gasteiger partial charge in [-0.05, 0) is 36.8 Å². The zero-order chi connectivity index (χ0) is 15.8. The highest BCUT2D eigenvalue weighted by atomic mass is 16.5. The predicted octanol–water partition coefficient (Wildman–Crippen LogP) is 4.13. The first-order valence-electron chi connectivity index (χ1n) is 7.42. The lowest BCUT2D eigenvalue weighted by Crippen LogP contribution is -2.12. The van der Waals surface area contributed by atoms with Crippen molar-refractivity contribution in [1.82, 2.24) is 0 Å². The maximum atomic E-state index is 12.2. The number of ether oxygens (including phenoxy) is 2. The number of hydrogen-bond acceptors (Lipinski definition) is 3. The molecular weight excluding hydrogens is 278 g/mol. The first-order valence-corrected chi connectivity index (χ1v) is 7.42. The molecule has 0 unspecified atom stereocenters. The van der Waals surface area contributed by atoms with Gasteiger partial charge >= 0.3 is 0 Å². The van der Waals surface area contributed by atoms with Gasteiger partial charge in [-0.25, -0.2) is 0 Å². The molecule has 0 saturated heterocycles. The molecule has 22 heavy (non-hydrogen) atoms. The second kappa shape index (κ2) is 8.08. The molecule has 4 nitrogen and oxygen atoms in total. The number of para-hydroxylation sites is 1. The Morgan fingerprint density at radius 2 is 1.86 bits per heavy atom. The summed E-state index contributed by atoms with van der Waals surface area (Å²) in [6.45, 7) is 2.75. The minimum absolute atomic E-state index is 0.176. The van der Waals surface area contributed by atoms with Crippen LogP contribution in [0.1, 0.15) is 30.1 Å². The van der Waals surface area contributed by atoms with Crippen molar-refractivity contribution in [2.24, 2.45) is 0 Å². The monoisotopic (exact) mass is 299 g/mol. The number of unbranched alkanes of at least 4 members (excludes halogenated alkanes) is 1. The number of methoxy groups -OCH3 is 1. The molecule has 0 radical (unpaired) electrons. The van der Waals surface area contributed by atoms with Gasteiger partial charge in [0.15, 0.2) is 11.5 Å². The minimum Gasteiger partial charge on any atom is -0.493 e. The Balaban J connectivity index is 2.09. The quantitative estimate of drug-likeness (QED) is 0.782. The fourth-order valence-corrected chi connectivity index (χ4v) is 1.98. The van der Waals surface area contributed by atoms with Gasteiger partial charge in [0.2, 0.25) is 0 Å². The third-order valence-corrected chi connectivity index (χ3v) is 3.21. The van der Waals surface area contributed by atoms with Gasteiger partial charge in [0.1, 0.15) is 0 Å². The second-order valence-electron chi connectivity index (χ2n) is 4.89. The Morgan fingerprint density at radius 3 is 2.55 bits per heavy atom. The zero-order valence-corrected chi connectivity index (χ0v) is 13.0. The van der Waals surface area contributed by atoms with E-state index < -0.39 is 0 Å². The van der Waals surface area contributed by atoms with Crippen molar-refractivity contribution < 1.29 is 14.3 Å². The Bertz CT molecular complexity index is 611. The Morgan fingerprint density at radius 1 is 1.09 bits per heavy atom. The molecule has 0 fully saturated rings. The van der Waals surface area contributed by atoms with E-state index >= 15 is 0 Å². The van der Waals surface area contributed by atoms with E-state index in [1.165, 1.54) is 0 Å². The Kier molecular flexibility index (Phi) is 5.83. The minimum atomic E-state index is -0.176. The SMILES string of the molecule is CCCCOc1ccc(C(=O)Nc2ccccc2)cc1OC. The van der Waals surface area contributed by atoms with Crippen LogP contribution in [-0.4, -0.2) is 19.6 Å². The summed E-state index contributed by atoms with van der Waals surface area (Å²) in [5.74, 6) is 1.05. The Labute approximate surface area is 131 Å². The smallest absolute Gasteiger partial charge is 0.255 e. The van der Waals surface area contributed by atoms with Crippen molar-refractivity contribution in [1.29, 1.82) is 0 Å². The molecule has 0 bridgehead atoms. The van der Waals surface area contributed by atoms with Gasteiger partial charge in [0.05, 0.1) is 13.7 Å². The summed E-state index contributed by atoms with van der Waals surface area (Å²) >= 11 is 0. The molecule has 0 spiro atoms. The zero-order valence-electron chi connectivity index (χ0n) is 13.0. The number of carbonyl (C=O) groups is 1. The maximum Gasteiger partial charge on any atom is 0.255 e. The lowest BCUT2D eigenvalue weighted by Gasteiger charge is -2.12. The molecular formula is C18H21NO3. The van der Waals surface area contributed by atoms with Gasteiger partial charge in [0, 0.05) is 11.3 Å². The summed E-state index contributed by atoms with van der Waals surface area (Å²) in [6.07, 6.45) is 2.05. The van der Waals surface area contributed by atoms with Gasteiger partial charge < -0.3 is 14.8 Å². The summed E-state index contributed by atoms with van der Waals surface area (Å²) in [4.78, 5) is 12.2. The number of carbonyl (C=O) groups excluding carboxylic acids is 1. The highest BCUT2D eigenvalue weighted by Gasteiger charge is 2.11. The molecule has 0 aliphatic carbocycles. The molecule has 116 valence electrons. The average molecular weight is 299 g/mol. The van der Waals surface area contributed by atoms with Gasteiger partial charge in [-0.3, -0.25) is 4.79 Å². The number of anilines is 1. The molecule has 0 aliphatic heterocycles. The topological polar surface area (TPSA) is 47.6 Å². The predicted molar refractivity (Wildman–Crippen MR) is 87.8 cm³/mol. The summed E-state index contributed by atoms with van der Waals surface area (Å²) in [5.41, 5.74) is 1.29. The normalized spacial score (nSPS) is 10.1. The summed E-state index contributed by atoms with van der Waals surface area (Å²) in [7, 11) is 1.57.